The molecule has 0 aromatic heterocycles. The van der Waals surface area contributed by atoms with Crippen LogP contribution in [0.1, 0.15) is 49.3 Å². The number of morpholine rings is 1. The zero-order chi connectivity index (χ0) is 22.6. The quantitative estimate of drug-likeness (QED) is 0.380. The van der Waals surface area contributed by atoms with Gasteiger partial charge in [0.05, 0.1) is 24.5 Å². The van der Waals surface area contributed by atoms with E-state index in [-0.39, 0.29) is 11.5 Å². The van der Waals surface area contributed by atoms with Crippen LogP contribution >= 0.6 is 0 Å². The fourth-order valence-electron chi connectivity index (χ4n) is 4.65. The summed E-state index contributed by atoms with van der Waals surface area (Å²) in [5.74, 6) is 0.101. The summed E-state index contributed by atoms with van der Waals surface area (Å²) in [6, 6.07) is 17.3. The monoisotopic (exact) mass is 431 g/mol. The minimum Gasteiger partial charge on any atom is -0.411 e. The molecule has 1 N–H and O–H groups in total. The second-order valence-corrected chi connectivity index (χ2v) is 9.31. The number of aliphatic imine (C=N–C) groups is 1. The van der Waals surface area contributed by atoms with Gasteiger partial charge in [0.25, 0.3) is 0 Å². The third-order valence-corrected chi connectivity index (χ3v) is 6.45. The molecule has 0 saturated carbocycles. The normalized spacial score (nSPS) is 19.5. The Morgan fingerprint density at radius 3 is 2.50 bits per heavy atom. The van der Waals surface area contributed by atoms with E-state index in [1.807, 2.05) is 12.3 Å². The van der Waals surface area contributed by atoms with Crippen LogP contribution in [0.15, 0.2) is 70.3 Å². The predicted molar refractivity (Wildman–Crippen MR) is 132 cm³/mol. The SMILES string of the molecule is Cc1ccccc1[C@H](C/C(=N\O)C1=CC=NC(C)(C)C1)c1ccc(N2CCOCC2)cc1. The molecule has 2 aliphatic rings. The van der Waals surface area contributed by atoms with Gasteiger partial charge in [-0.25, -0.2) is 0 Å². The molecule has 2 aromatic carbocycles. The number of allylic oxidation sites excluding steroid dienone is 1. The number of hydrogen-bond donors (Lipinski definition) is 1. The van der Waals surface area contributed by atoms with E-state index in [9.17, 15) is 5.21 Å². The van der Waals surface area contributed by atoms with E-state index in [4.69, 9.17) is 4.74 Å². The van der Waals surface area contributed by atoms with Crippen molar-refractivity contribution in [3.05, 3.63) is 76.9 Å². The number of dihydropyridines is 1. The Morgan fingerprint density at radius 2 is 1.84 bits per heavy atom. The van der Waals surface area contributed by atoms with E-state index in [1.54, 1.807) is 0 Å². The summed E-state index contributed by atoms with van der Waals surface area (Å²) in [4.78, 5) is 6.91. The molecule has 4 rings (SSSR count). The molecule has 2 aromatic rings. The van der Waals surface area contributed by atoms with Crippen LogP contribution in [0, 0.1) is 6.92 Å². The van der Waals surface area contributed by atoms with Gasteiger partial charge in [0.15, 0.2) is 0 Å². The lowest BCUT2D eigenvalue weighted by Gasteiger charge is -2.29. The fraction of sp³-hybridized carbons (Fsp3) is 0.407. The first-order chi connectivity index (χ1) is 15.5. The molecule has 0 amide bonds. The molecule has 5 nitrogen and oxygen atoms in total. The summed E-state index contributed by atoms with van der Waals surface area (Å²) in [5, 5.41) is 13.7. The maximum Gasteiger partial charge on any atom is 0.0838 e. The molecule has 0 unspecified atom stereocenters. The molecule has 2 heterocycles. The molecular weight excluding hydrogens is 398 g/mol. The molecule has 168 valence electrons. The Bertz CT molecular complexity index is 1020. The van der Waals surface area contributed by atoms with Gasteiger partial charge in [-0.3, -0.25) is 4.99 Å². The maximum atomic E-state index is 9.96. The Morgan fingerprint density at radius 1 is 1.12 bits per heavy atom. The van der Waals surface area contributed by atoms with Crippen LogP contribution in [0.4, 0.5) is 5.69 Å². The Labute approximate surface area is 191 Å². The number of aryl methyl sites for hydroxylation is 1. The first-order valence-corrected chi connectivity index (χ1v) is 11.4. The van der Waals surface area contributed by atoms with Gasteiger partial charge in [0, 0.05) is 37.3 Å². The summed E-state index contributed by atoms with van der Waals surface area (Å²) >= 11 is 0. The number of hydrogen-bond acceptors (Lipinski definition) is 5. The van der Waals surface area contributed by atoms with Crippen molar-refractivity contribution in [2.24, 2.45) is 10.1 Å². The third kappa shape index (κ3) is 5.10. The smallest absolute Gasteiger partial charge is 0.0838 e. The first-order valence-electron chi connectivity index (χ1n) is 11.4. The molecular formula is C27H33N3O2. The molecule has 1 atom stereocenters. The van der Waals surface area contributed by atoms with E-state index >= 15 is 0 Å². The first kappa shape index (κ1) is 22.3. The van der Waals surface area contributed by atoms with Gasteiger partial charge < -0.3 is 14.8 Å². The second-order valence-electron chi connectivity index (χ2n) is 9.31. The van der Waals surface area contributed by atoms with Gasteiger partial charge in [0.2, 0.25) is 0 Å². The van der Waals surface area contributed by atoms with Gasteiger partial charge in [-0.2, -0.15) is 0 Å². The summed E-state index contributed by atoms with van der Waals surface area (Å²) in [5.41, 5.74) is 6.55. The van der Waals surface area contributed by atoms with Crippen LogP contribution < -0.4 is 4.90 Å². The van der Waals surface area contributed by atoms with E-state index < -0.39 is 0 Å². The molecule has 5 heteroatoms. The van der Waals surface area contributed by atoms with Crippen LogP contribution in [-0.2, 0) is 4.74 Å². The zero-order valence-corrected chi connectivity index (χ0v) is 19.3. The minimum absolute atomic E-state index is 0.101. The molecule has 0 aliphatic carbocycles. The van der Waals surface area contributed by atoms with Crippen LogP contribution in [0.2, 0.25) is 0 Å². The van der Waals surface area contributed by atoms with Crippen molar-refractivity contribution in [2.45, 2.75) is 45.1 Å². The zero-order valence-electron chi connectivity index (χ0n) is 19.3. The topological polar surface area (TPSA) is 57.4 Å². The van der Waals surface area contributed by atoms with E-state index in [1.165, 1.54) is 22.4 Å². The number of oxime groups is 1. The van der Waals surface area contributed by atoms with Gasteiger partial charge in [-0.1, -0.05) is 41.6 Å². The number of nitrogens with zero attached hydrogens (tertiary/aromatic N) is 3. The summed E-state index contributed by atoms with van der Waals surface area (Å²) in [6.45, 7) is 9.76. The highest BCUT2D eigenvalue weighted by atomic mass is 16.5. The summed E-state index contributed by atoms with van der Waals surface area (Å²) < 4.78 is 5.49. The van der Waals surface area contributed by atoms with Gasteiger partial charge in [-0.15, -0.1) is 0 Å². The summed E-state index contributed by atoms with van der Waals surface area (Å²) in [7, 11) is 0. The Hall–Kier alpha value is -2.92. The van der Waals surface area contributed by atoms with E-state index in [0.717, 1.165) is 44.0 Å². The number of anilines is 1. The lowest BCUT2D eigenvalue weighted by Crippen LogP contribution is -2.36. The molecule has 1 saturated heterocycles. The molecule has 0 spiro atoms. The maximum absolute atomic E-state index is 9.96. The standard InChI is InChI=1S/C27H33N3O2/c1-20-6-4-5-7-24(20)25(18-26(29-31)22-12-13-28-27(2,3)19-22)21-8-10-23(11-9-21)30-14-16-32-17-15-30/h4-13,25,31H,14-19H2,1-3H3/b29-26+/t25-/m1/s1. The van der Waals surface area contributed by atoms with Gasteiger partial charge >= 0.3 is 0 Å². The predicted octanol–water partition coefficient (Wildman–Crippen LogP) is 5.36. The number of rotatable bonds is 6. The summed E-state index contributed by atoms with van der Waals surface area (Å²) in [6.07, 6.45) is 5.22. The highest BCUT2D eigenvalue weighted by Gasteiger charge is 2.26. The molecule has 0 radical (unpaired) electrons. The van der Waals surface area contributed by atoms with Crippen LogP contribution in [0.3, 0.4) is 0 Å². The van der Waals surface area contributed by atoms with Crippen LogP contribution in [0.25, 0.3) is 0 Å². The van der Waals surface area contributed by atoms with Crippen molar-refractivity contribution in [3.63, 3.8) is 0 Å². The average molecular weight is 432 g/mol. The number of benzene rings is 2. The molecule has 0 bridgehead atoms. The molecule has 2 aliphatic heterocycles. The Kier molecular flexibility index (Phi) is 6.75. The third-order valence-electron chi connectivity index (χ3n) is 6.45. The second kappa shape index (κ2) is 9.70. The molecule has 32 heavy (non-hydrogen) atoms. The van der Waals surface area contributed by atoms with E-state index in [0.29, 0.717) is 6.42 Å². The van der Waals surface area contributed by atoms with E-state index in [2.05, 4.69) is 84.4 Å². The minimum atomic E-state index is -0.183. The van der Waals surface area contributed by atoms with Gasteiger partial charge in [0.1, 0.15) is 0 Å². The largest absolute Gasteiger partial charge is 0.411 e. The Balaban J connectivity index is 1.64. The highest BCUT2D eigenvalue weighted by Crippen LogP contribution is 2.35. The van der Waals surface area contributed by atoms with Crippen molar-refractivity contribution in [1.29, 1.82) is 0 Å². The van der Waals surface area contributed by atoms with Crippen LogP contribution in [-0.4, -0.2) is 49.0 Å². The van der Waals surface area contributed by atoms with Crippen molar-refractivity contribution in [2.75, 3.05) is 31.2 Å². The van der Waals surface area contributed by atoms with Gasteiger partial charge in [-0.05, 0) is 67.7 Å². The van der Waals surface area contributed by atoms with Crippen LogP contribution in [0.5, 0.6) is 0 Å². The fourth-order valence-corrected chi connectivity index (χ4v) is 4.65. The lowest BCUT2D eigenvalue weighted by molar-refractivity contribution is 0.122. The highest BCUT2D eigenvalue weighted by molar-refractivity contribution is 6.04. The average Bonchev–Trinajstić information content (AvgIpc) is 2.81. The van der Waals surface area contributed by atoms with Crippen molar-refractivity contribution < 1.29 is 9.94 Å². The number of ether oxygens (including phenoxy) is 1. The molecule has 1 fully saturated rings. The van der Waals surface area contributed by atoms with Crippen molar-refractivity contribution >= 4 is 17.6 Å². The van der Waals surface area contributed by atoms with Crippen molar-refractivity contribution in [1.82, 2.24) is 0 Å². The lowest BCUT2D eigenvalue weighted by atomic mass is 9.81. The van der Waals surface area contributed by atoms with Crippen molar-refractivity contribution in [3.8, 4) is 0 Å².